The third-order valence-electron chi connectivity index (χ3n) is 4.19. The van der Waals surface area contributed by atoms with Gasteiger partial charge in [0.2, 0.25) is 0 Å². The number of nitrogens with zero attached hydrogens (tertiary/aromatic N) is 2. The summed E-state index contributed by atoms with van der Waals surface area (Å²) in [5, 5.41) is 17.1. The fourth-order valence-electron chi connectivity index (χ4n) is 2.64. The van der Waals surface area contributed by atoms with Gasteiger partial charge in [-0.25, -0.2) is 13.5 Å². The topological polar surface area (TPSA) is 110 Å². The average Bonchev–Trinajstić information content (AvgIpc) is 3.00. The number of hydrogen-bond acceptors (Lipinski definition) is 6. The number of thiophene rings is 1. The van der Waals surface area contributed by atoms with Crippen molar-refractivity contribution in [1.82, 2.24) is 9.78 Å². The van der Waals surface area contributed by atoms with Crippen LogP contribution in [-0.4, -0.2) is 20.8 Å². The van der Waals surface area contributed by atoms with E-state index in [2.05, 4.69) is 10.4 Å². The number of rotatable bonds is 5. The highest BCUT2D eigenvalue weighted by molar-refractivity contribution is 7.20. The van der Waals surface area contributed by atoms with Gasteiger partial charge in [-0.2, -0.15) is 5.10 Å². The lowest BCUT2D eigenvalue weighted by Gasteiger charge is -2.18. The minimum absolute atomic E-state index is 0.0195. The van der Waals surface area contributed by atoms with E-state index in [0.29, 0.717) is 0 Å². The van der Waals surface area contributed by atoms with Crippen LogP contribution in [0.1, 0.15) is 29.8 Å². The van der Waals surface area contributed by atoms with Crippen molar-refractivity contribution in [2.24, 2.45) is 12.8 Å². The van der Waals surface area contributed by atoms with Crippen LogP contribution in [0.2, 0.25) is 0 Å². The second-order valence-corrected chi connectivity index (χ2v) is 7.95. The van der Waals surface area contributed by atoms with Gasteiger partial charge >= 0.3 is 0 Å². The summed E-state index contributed by atoms with van der Waals surface area (Å²) in [5.41, 5.74) is 3.41. The maximum absolute atomic E-state index is 14.7. The van der Waals surface area contributed by atoms with E-state index in [4.69, 9.17) is 5.73 Å². The van der Waals surface area contributed by atoms with E-state index in [1.165, 1.54) is 39.1 Å². The second-order valence-electron chi connectivity index (χ2n) is 6.90. The highest BCUT2D eigenvalue weighted by atomic mass is 32.1. The number of halogens is 2. The van der Waals surface area contributed by atoms with E-state index in [1.54, 1.807) is 0 Å². The first-order valence-electron chi connectivity index (χ1n) is 8.44. The molecule has 3 rings (SSSR count). The molecule has 0 radical (unpaired) electrons. The predicted octanol–water partition coefficient (Wildman–Crippen LogP) is 2.86. The van der Waals surface area contributed by atoms with Crippen molar-refractivity contribution in [2.45, 2.75) is 19.4 Å². The van der Waals surface area contributed by atoms with Crippen LogP contribution in [0.25, 0.3) is 10.4 Å². The van der Waals surface area contributed by atoms with E-state index in [1.807, 2.05) is 0 Å². The van der Waals surface area contributed by atoms with E-state index < -0.39 is 23.1 Å². The molecule has 2 heterocycles. The summed E-state index contributed by atoms with van der Waals surface area (Å²) >= 11 is 0.906. The number of aryl methyl sites for hydroxylation is 1. The van der Waals surface area contributed by atoms with E-state index in [0.717, 1.165) is 28.2 Å². The molecule has 0 bridgehead atoms. The Morgan fingerprint density at radius 2 is 1.86 bits per heavy atom. The largest absolute Gasteiger partial charge is 0.386 e. The van der Waals surface area contributed by atoms with Gasteiger partial charge in [-0.1, -0.05) is 0 Å². The molecule has 0 fully saturated rings. The quantitative estimate of drug-likeness (QED) is 0.588. The minimum Gasteiger partial charge on any atom is -0.386 e. The number of primary amides is 1. The molecule has 29 heavy (non-hydrogen) atoms. The Kier molecular flexibility index (Phi) is 5.24. The standard InChI is InChI=1S/C19H18F2N4O3S/c1-19(2,28)9-6-11(20)16(12(21)7-9)13-8-10(17(22)27)18(29-13)23-14-4-5-15(26)25(3)24-14/h4-8,28H,1-3H3,(H2,22,27)(H,23,24). The number of carbonyl (C=O) groups excluding carboxylic acids is 1. The number of carbonyl (C=O) groups is 1. The number of nitrogens with two attached hydrogens (primary N) is 1. The molecule has 7 nitrogen and oxygen atoms in total. The van der Waals surface area contributed by atoms with Gasteiger partial charge in [0.05, 0.1) is 16.7 Å². The number of aliphatic hydroxyl groups is 1. The summed E-state index contributed by atoms with van der Waals surface area (Å²) in [5.74, 6) is -2.31. The molecule has 1 aromatic carbocycles. The number of nitrogens with one attached hydrogen (secondary N) is 1. The Morgan fingerprint density at radius 3 is 2.38 bits per heavy atom. The third-order valence-corrected chi connectivity index (χ3v) is 5.26. The number of amides is 1. The second kappa shape index (κ2) is 7.37. The van der Waals surface area contributed by atoms with Crippen LogP contribution in [0.15, 0.2) is 35.1 Å². The molecule has 0 aliphatic carbocycles. The normalized spacial score (nSPS) is 11.5. The average molecular weight is 420 g/mol. The zero-order valence-corrected chi connectivity index (χ0v) is 16.6. The van der Waals surface area contributed by atoms with E-state index >= 15 is 0 Å². The Labute approximate surface area is 168 Å². The first-order chi connectivity index (χ1) is 13.5. The number of benzene rings is 1. The molecule has 10 heteroatoms. The highest BCUT2D eigenvalue weighted by Crippen LogP contribution is 2.40. The molecular weight excluding hydrogens is 402 g/mol. The molecule has 152 valence electrons. The maximum atomic E-state index is 14.7. The summed E-state index contributed by atoms with van der Waals surface area (Å²) in [6, 6.07) is 6.06. The van der Waals surface area contributed by atoms with Crippen molar-refractivity contribution >= 4 is 28.1 Å². The molecule has 0 unspecified atom stereocenters. The van der Waals surface area contributed by atoms with Crippen LogP contribution < -0.4 is 16.6 Å². The molecule has 1 amide bonds. The van der Waals surface area contributed by atoms with Crippen LogP contribution in [0.4, 0.5) is 19.6 Å². The van der Waals surface area contributed by atoms with Crippen molar-refractivity contribution in [2.75, 3.05) is 5.32 Å². The number of anilines is 2. The summed E-state index contributed by atoms with van der Waals surface area (Å²) in [6.07, 6.45) is 0. The summed E-state index contributed by atoms with van der Waals surface area (Å²) in [4.78, 5) is 23.4. The fourth-order valence-corrected chi connectivity index (χ4v) is 3.76. The van der Waals surface area contributed by atoms with Gasteiger partial charge in [-0.05, 0) is 43.7 Å². The zero-order valence-electron chi connectivity index (χ0n) is 15.8. The zero-order chi connectivity index (χ0) is 21.5. The van der Waals surface area contributed by atoms with Gasteiger partial charge in [0.15, 0.2) is 5.82 Å². The third kappa shape index (κ3) is 4.17. The lowest BCUT2D eigenvalue weighted by Crippen LogP contribution is -2.19. The molecule has 0 aliphatic heterocycles. The van der Waals surface area contributed by atoms with Gasteiger partial charge in [-0.3, -0.25) is 9.59 Å². The molecular formula is C19H18F2N4O3S. The molecule has 3 aromatic rings. The van der Waals surface area contributed by atoms with Gasteiger partial charge in [0.1, 0.15) is 16.6 Å². The lowest BCUT2D eigenvalue weighted by atomic mass is 9.96. The van der Waals surface area contributed by atoms with Gasteiger partial charge < -0.3 is 16.2 Å². The van der Waals surface area contributed by atoms with Crippen molar-refractivity contribution < 1.29 is 18.7 Å². The minimum atomic E-state index is -1.42. The van der Waals surface area contributed by atoms with Crippen molar-refractivity contribution in [3.05, 3.63) is 63.4 Å². The van der Waals surface area contributed by atoms with E-state index in [9.17, 15) is 23.5 Å². The first kappa shape index (κ1) is 20.6. The Balaban J connectivity index is 2.08. The lowest BCUT2D eigenvalue weighted by molar-refractivity contribution is 0.0778. The van der Waals surface area contributed by atoms with Crippen LogP contribution in [0.5, 0.6) is 0 Å². The Morgan fingerprint density at radius 1 is 1.24 bits per heavy atom. The smallest absolute Gasteiger partial charge is 0.266 e. The molecule has 0 atom stereocenters. The summed E-state index contributed by atoms with van der Waals surface area (Å²) in [7, 11) is 1.46. The van der Waals surface area contributed by atoms with Gasteiger partial charge in [0.25, 0.3) is 11.5 Å². The Hall–Kier alpha value is -3.11. The maximum Gasteiger partial charge on any atom is 0.266 e. The van der Waals surface area contributed by atoms with Crippen LogP contribution in [-0.2, 0) is 12.6 Å². The van der Waals surface area contributed by atoms with Crippen LogP contribution in [0, 0.1) is 11.6 Å². The van der Waals surface area contributed by atoms with Crippen molar-refractivity contribution in [3.8, 4) is 10.4 Å². The molecule has 0 aliphatic rings. The highest BCUT2D eigenvalue weighted by Gasteiger charge is 2.24. The van der Waals surface area contributed by atoms with Crippen molar-refractivity contribution in [1.29, 1.82) is 0 Å². The van der Waals surface area contributed by atoms with Crippen molar-refractivity contribution in [3.63, 3.8) is 0 Å². The van der Waals surface area contributed by atoms with E-state index in [-0.39, 0.29) is 37.9 Å². The summed E-state index contributed by atoms with van der Waals surface area (Å²) < 4.78 is 30.4. The van der Waals surface area contributed by atoms with Crippen LogP contribution >= 0.6 is 11.3 Å². The van der Waals surface area contributed by atoms with Gasteiger partial charge in [-0.15, -0.1) is 11.3 Å². The molecule has 0 spiro atoms. The monoisotopic (exact) mass is 420 g/mol. The SMILES string of the molecule is Cn1nc(Nc2sc(-c3c(F)cc(C(C)(C)O)cc3F)cc2C(N)=O)ccc1=O. The number of hydrogen-bond donors (Lipinski definition) is 3. The summed E-state index contributed by atoms with van der Waals surface area (Å²) in [6.45, 7) is 2.83. The Bertz CT molecular complexity index is 1140. The molecule has 0 saturated heterocycles. The first-order valence-corrected chi connectivity index (χ1v) is 9.26. The van der Waals surface area contributed by atoms with Gasteiger partial charge in [0, 0.05) is 18.0 Å². The predicted molar refractivity (Wildman–Crippen MR) is 106 cm³/mol. The van der Waals surface area contributed by atoms with Crippen LogP contribution in [0.3, 0.4) is 0 Å². The number of aromatic nitrogens is 2. The molecule has 4 N–H and O–H groups in total. The fraction of sp³-hybridized carbons (Fsp3) is 0.211. The molecule has 0 saturated carbocycles. The molecule has 2 aromatic heterocycles.